The van der Waals surface area contributed by atoms with Crippen molar-refractivity contribution in [2.75, 3.05) is 13.2 Å². The summed E-state index contributed by atoms with van der Waals surface area (Å²) in [6.07, 6.45) is 0.637. The highest BCUT2D eigenvalue weighted by atomic mass is 16.7. The summed E-state index contributed by atoms with van der Waals surface area (Å²) in [7, 11) is 0. The maximum Gasteiger partial charge on any atom is 0.343 e. The normalized spacial score (nSPS) is 40.4. The number of nitrogens with one attached hydrogen (secondary N) is 1. The first-order chi connectivity index (χ1) is 9.43. The molecule has 0 radical (unpaired) electrons. The van der Waals surface area contributed by atoms with E-state index in [1.807, 2.05) is 27.7 Å². The molecular weight excluding hydrogens is 256 g/mol. The van der Waals surface area contributed by atoms with Gasteiger partial charge in [-0.2, -0.15) is 10.5 Å². The maximum atomic E-state index is 9.87. The Labute approximate surface area is 119 Å². The van der Waals surface area contributed by atoms with Gasteiger partial charge in [-0.05, 0) is 20.3 Å². The summed E-state index contributed by atoms with van der Waals surface area (Å²) in [5.41, 5.74) is 3.28. The Morgan fingerprint density at radius 3 is 2.00 bits per heavy atom. The fourth-order valence-corrected chi connectivity index (χ4v) is 4.07. The molecule has 2 rings (SSSR count). The Morgan fingerprint density at radius 1 is 1.15 bits per heavy atom. The molecule has 0 aromatic carbocycles. The van der Waals surface area contributed by atoms with Crippen LogP contribution >= 0.6 is 0 Å². The maximum absolute atomic E-state index is 9.87. The van der Waals surface area contributed by atoms with Crippen LogP contribution in [0.15, 0.2) is 0 Å². The number of rotatable bonds is 5. The van der Waals surface area contributed by atoms with Gasteiger partial charge >= 0.3 is 5.91 Å². The fraction of sp³-hybridized carbons (Fsp3) is 0.786. The van der Waals surface area contributed by atoms with Crippen LogP contribution < -0.4 is 10.7 Å². The highest BCUT2D eigenvalue weighted by Gasteiger charge is 3.01. The Balaban J connectivity index is 2.71. The number of nitrogens with zero attached hydrogens (tertiary/aromatic N) is 2. The lowest BCUT2D eigenvalue weighted by molar-refractivity contribution is -0.695. The number of hydrogen-bond acceptors (Lipinski definition) is 5. The number of nitrogens with two attached hydrogens (primary N) is 1. The lowest BCUT2D eigenvalue weighted by Gasteiger charge is -2.31. The van der Waals surface area contributed by atoms with Gasteiger partial charge in [0.25, 0.3) is 5.84 Å². The average Bonchev–Trinajstić information content (AvgIpc) is 2.85. The molecule has 6 nitrogen and oxygen atoms in total. The molecule has 1 aliphatic carbocycles. The van der Waals surface area contributed by atoms with Gasteiger partial charge in [0.1, 0.15) is 0 Å². The van der Waals surface area contributed by atoms with Crippen LogP contribution in [-0.4, -0.2) is 25.0 Å². The zero-order valence-electron chi connectivity index (χ0n) is 12.4. The molecule has 1 aliphatic heterocycles. The van der Waals surface area contributed by atoms with Crippen molar-refractivity contribution in [3.8, 4) is 12.1 Å². The van der Waals surface area contributed by atoms with Gasteiger partial charge in [0.15, 0.2) is 10.8 Å². The number of fused-ring (bicyclic) bond motifs is 1. The first-order valence-electron chi connectivity index (χ1n) is 6.95. The van der Waals surface area contributed by atoms with Gasteiger partial charge < -0.3 is 9.47 Å². The quantitative estimate of drug-likeness (QED) is 0.666. The van der Waals surface area contributed by atoms with E-state index in [1.54, 1.807) is 0 Å². The van der Waals surface area contributed by atoms with Crippen molar-refractivity contribution in [1.82, 2.24) is 0 Å². The van der Waals surface area contributed by atoms with Gasteiger partial charge in [-0.15, -0.1) is 0 Å². The van der Waals surface area contributed by atoms with Gasteiger partial charge in [-0.25, -0.2) is 4.99 Å². The smallest absolute Gasteiger partial charge is 0.314 e. The van der Waals surface area contributed by atoms with Gasteiger partial charge in [0, 0.05) is 5.41 Å². The molecule has 6 heteroatoms. The van der Waals surface area contributed by atoms with Crippen molar-refractivity contribution >= 4 is 5.84 Å². The topological polar surface area (TPSA) is 106 Å². The molecule has 3 N–H and O–H groups in total. The summed E-state index contributed by atoms with van der Waals surface area (Å²) in [6.45, 7) is 8.20. The SMILES string of the molecule is CCOC1(OCC)[NH+]=C(N)[C@@]2(C#N)[C@@](C)(CC)[C@@]12C#N. The van der Waals surface area contributed by atoms with Crippen molar-refractivity contribution in [3.05, 3.63) is 0 Å². The molecule has 108 valence electrons. The highest BCUT2D eigenvalue weighted by Crippen LogP contribution is 2.83. The molecule has 1 saturated carbocycles. The van der Waals surface area contributed by atoms with Gasteiger partial charge in [-0.3, -0.25) is 5.73 Å². The number of ether oxygens (including phenoxy) is 2. The van der Waals surface area contributed by atoms with E-state index in [-0.39, 0.29) is 5.84 Å². The predicted octanol–water partition coefficient (Wildman–Crippen LogP) is -0.386. The molecule has 1 heterocycles. The lowest BCUT2D eigenvalue weighted by atomic mass is 9.89. The summed E-state index contributed by atoms with van der Waals surface area (Å²) in [5, 5.41) is 19.6. The molecule has 0 spiro atoms. The molecule has 1 fully saturated rings. The monoisotopic (exact) mass is 277 g/mol. The van der Waals surface area contributed by atoms with Crippen LogP contribution in [0.2, 0.25) is 0 Å². The minimum absolute atomic E-state index is 0.271. The third kappa shape index (κ3) is 1.06. The average molecular weight is 277 g/mol. The van der Waals surface area contributed by atoms with Gasteiger partial charge in [0.05, 0.1) is 25.4 Å². The van der Waals surface area contributed by atoms with Crippen LogP contribution in [0.4, 0.5) is 0 Å². The van der Waals surface area contributed by atoms with Gasteiger partial charge in [-0.1, -0.05) is 13.8 Å². The zero-order chi connectivity index (χ0) is 15.2. The van der Waals surface area contributed by atoms with Crippen LogP contribution in [0.5, 0.6) is 0 Å². The van der Waals surface area contributed by atoms with Crippen molar-refractivity contribution in [2.45, 2.75) is 40.0 Å². The Kier molecular flexibility index (Phi) is 3.09. The van der Waals surface area contributed by atoms with Crippen molar-refractivity contribution < 1.29 is 14.5 Å². The van der Waals surface area contributed by atoms with Crippen LogP contribution in [-0.2, 0) is 9.47 Å². The molecule has 0 saturated heterocycles. The van der Waals surface area contributed by atoms with E-state index in [4.69, 9.17) is 15.2 Å². The second-order valence-electron chi connectivity index (χ2n) is 5.43. The first-order valence-corrected chi connectivity index (χ1v) is 6.95. The number of hydrogen-bond donors (Lipinski definition) is 2. The third-order valence-corrected chi connectivity index (χ3v) is 5.09. The summed E-state index contributed by atoms with van der Waals surface area (Å²) in [4.78, 5) is 2.95. The molecule has 0 bridgehead atoms. The third-order valence-electron chi connectivity index (χ3n) is 5.09. The van der Waals surface area contributed by atoms with Gasteiger partial charge in [0.2, 0.25) is 0 Å². The van der Waals surface area contributed by atoms with Crippen LogP contribution in [0.25, 0.3) is 0 Å². The summed E-state index contributed by atoms with van der Waals surface area (Å²) >= 11 is 0. The fourth-order valence-electron chi connectivity index (χ4n) is 4.07. The van der Waals surface area contributed by atoms with E-state index in [9.17, 15) is 10.5 Å². The van der Waals surface area contributed by atoms with E-state index in [1.165, 1.54) is 0 Å². The van der Waals surface area contributed by atoms with E-state index in [0.717, 1.165) is 0 Å². The molecule has 2 aliphatic rings. The number of nitriles is 2. The summed E-state index contributed by atoms with van der Waals surface area (Å²) in [6, 6.07) is 4.56. The Bertz CT molecular complexity index is 540. The van der Waals surface area contributed by atoms with Crippen molar-refractivity contribution in [3.63, 3.8) is 0 Å². The second-order valence-corrected chi connectivity index (χ2v) is 5.43. The standard InChI is InChI=1S/C14H20N4O2/c1-5-11(4)12(8-15)10(17)18-14(19-6-2,20-7-3)13(11,12)9-16/h5-7H2,1-4H3,(H2,17,18)/p+1/t11-,12+,13-/m1/s1. The molecular formula is C14H21N4O2+. The molecule has 3 atom stereocenters. The largest absolute Gasteiger partial charge is 0.343 e. The minimum atomic E-state index is -1.35. The van der Waals surface area contributed by atoms with Crippen LogP contribution in [0, 0.1) is 38.9 Å². The molecule has 0 aromatic rings. The zero-order valence-corrected chi connectivity index (χ0v) is 12.4. The number of amidine groups is 1. The minimum Gasteiger partial charge on any atom is -0.314 e. The summed E-state index contributed by atoms with van der Waals surface area (Å²) < 4.78 is 11.5. The Morgan fingerprint density at radius 2 is 1.70 bits per heavy atom. The Hall–Kier alpha value is -1.63. The van der Waals surface area contributed by atoms with Crippen LogP contribution in [0.1, 0.15) is 34.1 Å². The first kappa shape index (κ1) is 14.8. The molecule has 20 heavy (non-hydrogen) atoms. The lowest BCUT2D eigenvalue weighted by Crippen LogP contribution is -2.91. The summed E-state index contributed by atoms with van der Waals surface area (Å²) in [5.74, 6) is -1.08. The van der Waals surface area contributed by atoms with Crippen LogP contribution in [0.3, 0.4) is 0 Å². The van der Waals surface area contributed by atoms with E-state index < -0.39 is 22.2 Å². The highest BCUT2D eigenvalue weighted by molar-refractivity contribution is 5.94. The van der Waals surface area contributed by atoms with E-state index in [2.05, 4.69) is 17.1 Å². The van der Waals surface area contributed by atoms with E-state index >= 15 is 0 Å². The van der Waals surface area contributed by atoms with E-state index in [0.29, 0.717) is 19.6 Å². The molecule has 0 unspecified atom stereocenters. The predicted molar refractivity (Wildman–Crippen MR) is 70.6 cm³/mol. The second kappa shape index (κ2) is 4.18. The van der Waals surface area contributed by atoms with Crippen molar-refractivity contribution in [1.29, 1.82) is 10.5 Å². The molecule has 0 amide bonds. The van der Waals surface area contributed by atoms with Crippen molar-refractivity contribution in [2.24, 2.45) is 22.0 Å². The molecule has 0 aromatic heterocycles.